The molecule has 0 unspecified atom stereocenters. The van der Waals surface area contributed by atoms with Crippen molar-refractivity contribution in [2.75, 3.05) is 0 Å². The van der Waals surface area contributed by atoms with Crippen molar-refractivity contribution in [1.82, 2.24) is 8.96 Å². The minimum atomic E-state index is -4.66. The monoisotopic (exact) mass is 418 g/mol. The molecule has 0 amide bonds. The fraction of sp³-hybridized carbons (Fsp3) is 0.0500. The van der Waals surface area contributed by atoms with Crippen LogP contribution in [0.25, 0.3) is 23.2 Å². The minimum absolute atomic E-state index is 0.0417. The molecule has 0 N–H and O–H groups in total. The first-order valence-electron chi connectivity index (χ1n) is 8.39. The number of furan rings is 1. The third kappa shape index (κ3) is 3.56. The lowest BCUT2D eigenvalue weighted by molar-refractivity contribution is -0.137. The molecule has 148 valence electrons. The van der Waals surface area contributed by atoms with E-state index in [0.29, 0.717) is 17.3 Å². The van der Waals surface area contributed by atoms with E-state index in [2.05, 4.69) is 4.98 Å². The molecule has 0 saturated heterocycles. The van der Waals surface area contributed by atoms with Gasteiger partial charge >= 0.3 is 6.18 Å². The Hall–Kier alpha value is -3.33. The maximum absolute atomic E-state index is 13.3. The Balaban J connectivity index is 1.91. The molecule has 4 rings (SSSR count). The predicted molar refractivity (Wildman–Crippen MR) is 101 cm³/mol. The van der Waals surface area contributed by atoms with Gasteiger partial charge in [0.1, 0.15) is 11.6 Å². The molecule has 0 fully saturated rings. The molecule has 0 aliphatic carbocycles. The second-order valence-electron chi connectivity index (χ2n) is 6.10. The molecule has 0 aliphatic heterocycles. The van der Waals surface area contributed by atoms with Gasteiger partial charge in [-0.1, -0.05) is 18.2 Å². The van der Waals surface area contributed by atoms with Gasteiger partial charge in [-0.05, 0) is 54.6 Å². The van der Waals surface area contributed by atoms with Crippen molar-refractivity contribution in [3.63, 3.8) is 0 Å². The third-order valence-corrected chi connectivity index (χ3v) is 5.90. The molecule has 4 aromatic rings. The van der Waals surface area contributed by atoms with E-state index in [4.69, 9.17) is 4.42 Å². The van der Waals surface area contributed by atoms with Crippen molar-refractivity contribution in [3.8, 4) is 0 Å². The number of hydrogen-bond donors (Lipinski definition) is 0. The van der Waals surface area contributed by atoms with E-state index in [9.17, 15) is 21.6 Å². The summed E-state index contributed by atoms with van der Waals surface area (Å²) in [7, 11) is -4.35. The van der Waals surface area contributed by atoms with Gasteiger partial charge in [0, 0.05) is 0 Å². The van der Waals surface area contributed by atoms with Gasteiger partial charge in [0.2, 0.25) is 0 Å². The second kappa shape index (κ2) is 6.93. The normalized spacial score (nSPS) is 12.8. The van der Waals surface area contributed by atoms with E-state index in [1.54, 1.807) is 30.3 Å². The first kappa shape index (κ1) is 19.0. The lowest BCUT2D eigenvalue weighted by Crippen LogP contribution is -2.16. The fourth-order valence-corrected chi connectivity index (χ4v) is 4.36. The van der Waals surface area contributed by atoms with Gasteiger partial charge in [0.15, 0.2) is 0 Å². The van der Waals surface area contributed by atoms with Crippen LogP contribution in [0.5, 0.6) is 0 Å². The summed E-state index contributed by atoms with van der Waals surface area (Å²) in [6, 6.07) is 13.4. The average Bonchev–Trinajstić information content (AvgIpc) is 3.33. The highest BCUT2D eigenvalue weighted by Gasteiger charge is 2.32. The maximum atomic E-state index is 13.3. The molecule has 2 aromatic carbocycles. The number of halogens is 3. The maximum Gasteiger partial charge on any atom is 0.416 e. The number of hydrogen-bond acceptors (Lipinski definition) is 4. The Labute approximate surface area is 163 Å². The Kier molecular flexibility index (Phi) is 4.54. The standard InChI is InChI=1S/C20H13F3N2O3S/c21-20(22,23)14-5-3-7-16(13-14)29(26,27)25-18-9-2-1-8-17(18)24-19(25)11-10-15-6-4-12-28-15/h1-13H. The van der Waals surface area contributed by atoms with Crippen LogP contribution in [0, 0.1) is 0 Å². The summed E-state index contributed by atoms with van der Waals surface area (Å²) >= 11 is 0. The van der Waals surface area contributed by atoms with E-state index < -0.39 is 26.7 Å². The van der Waals surface area contributed by atoms with E-state index >= 15 is 0 Å². The van der Waals surface area contributed by atoms with Crippen LogP contribution in [0.3, 0.4) is 0 Å². The summed E-state index contributed by atoms with van der Waals surface area (Å²) in [6.07, 6.45) is -0.240. The molecule has 29 heavy (non-hydrogen) atoms. The second-order valence-corrected chi connectivity index (χ2v) is 7.89. The SMILES string of the molecule is O=S(=O)(c1cccc(C(F)(F)F)c1)n1c(C=Cc2ccco2)nc2ccccc21. The molecule has 0 aliphatic rings. The summed E-state index contributed by atoms with van der Waals surface area (Å²) in [6.45, 7) is 0. The van der Waals surface area contributed by atoms with Crippen molar-refractivity contribution in [2.45, 2.75) is 11.1 Å². The predicted octanol–water partition coefficient (Wildman–Crippen LogP) is 5.06. The number of imidazole rings is 1. The molecule has 2 heterocycles. The van der Waals surface area contributed by atoms with Crippen LogP contribution in [0.2, 0.25) is 0 Å². The quantitative estimate of drug-likeness (QED) is 0.465. The number of alkyl halides is 3. The van der Waals surface area contributed by atoms with Gasteiger partial charge in [0.05, 0.1) is 27.8 Å². The third-order valence-electron chi connectivity index (χ3n) is 4.18. The van der Waals surface area contributed by atoms with Gasteiger partial charge in [-0.25, -0.2) is 17.4 Å². The Morgan fingerprint density at radius 2 is 1.76 bits per heavy atom. The van der Waals surface area contributed by atoms with E-state index in [-0.39, 0.29) is 11.3 Å². The van der Waals surface area contributed by atoms with Crippen LogP contribution in [0.1, 0.15) is 17.1 Å². The van der Waals surface area contributed by atoms with Gasteiger partial charge in [-0.15, -0.1) is 0 Å². The fourth-order valence-electron chi connectivity index (χ4n) is 2.86. The molecular weight excluding hydrogens is 405 g/mol. The van der Waals surface area contributed by atoms with Crippen molar-refractivity contribution in [3.05, 3.63) is 84.1 Å². The molecule has 5 nitrogen and oxygen atoms in total. The molecule has 0 radical (unpaired) electrons. The van der Waals surface area contributed by atoms with Gasteiger partial charge < -0.3 is 4.42 Å². The van der Waals surface area contributed by atoms with Gasteiger partial charge in [-0.3, -0.25) is 0 Å². The van der Waals surface area contributed by atoms with Crippen molar-refractivity contribution >= 4 is 33.2 Å². The summed E-state index contributed by atoms with van der Waals surface area (Å²) in [5, 5.41) is 0. The van der Waals surface area contributed by atoms with Gasteiger partial charge in [-0.2, -0.15) is 13.2 Å². The topological polar surface area (TPSA) is 65.1 Å². The number of fused-ring (bicyclic) bond motifs is 1. The average molecular weight is 418 g/mol. The zero-order valence-electron chi connectivity index (χ0n) is 14.7. The van der Waals surface area contributed by atoms with Crippen molar-refractivity contribution < 1.29 is 26.0 Å². The number of para-hydroxylation sites is 2. The van der Waals surface area contributed by atoms with Crippen LogP contribution in [-0.2, 0) is 16.2 Å². The minimum Gasteiger partial charge on any atom is -0.465 e. The highest BCUT2D eigenvalue weighted by atomic mass is 32.2. The molecular formula is C20H13F3N2O3S. The Bertz CT molecular complexity index is 1300. The molecule has 0 saturated carbocycles. The zero-order valence-corrected chi connectivity index (χ0v) is 15.5. The lowest BCUT2D eigenvalue weighted by Gasteiger charge is -2.12. The summed E-state index contributed by atoms with van der Waals surface area (Å²) in [5.74, 6) is 0.514. The number of rotatable bonds is 4. The van der Waals surface area contributed by atoms with Crippen molar-refractivity contribution in [1.29, 1.82) is 0 Å². The molecule has 0 atom stereocenters. The largest absolute Gasteiger partial charge is 0.465 e. The van der Waals surface area contributed by atoms with Gasteiger partial charge in [0.25, 0.3) is 10.0 Å². The highest BCUT2D eigenvalue weighted by molar-refractivity contribution is 7.90. The number of benzene rings is 2. The highest BCUT2D eigenvalue weighted by Crippen LogP contribution is 2.32. The Morgan fingerprint density at radius 1 is 0.966 bits per heavy atom. The molecule has 2 aromatic heterocycles. The molecule has 0 bridgehead atoms. The van der Waals surface area contributed by atoms with Crippen LogP contribution < -0.4 is 0 Å². The summed E-state index contributed by atoms with van der Waals surface area (Å²) in [4.78, 5) is 3.82. The molecule has 9 heteroatoms. The number of nitrogens with zero attached hydrogens (tertiary/aromatic N) is 2. The van der Waals surface area contributed by atoms with Crippen molar-refractivity contribution in [2.24, 2.45) is 0 Å². The summed E-state index contributed by atoms with van der Waals surface area (Å²) in [5.41, 5.74) is -0.401. The lowest BCUT2D eigenvalue weighted by atomic mass is 10.2. The zero-order chi connectivity index (χ0) is 20.6. The van der Waals surface area contributed by atoms with Crippen LogP contribution in [0.4, 0.5) is 13.2 Å². The summed E-state index contributed by atoms with van der Waals surface area (Å²) < 4.78 is 71.9. The van der Waals surface area contributed by atoms with E-state index in [0.717, 1.165) is 22.2 Å². The van der Waals surface area contributed by atoms with Crippen LogP contribution in [0.15, 0.2) is 76.2 Å². The first-order valence-corrected chi connectivity index (χ1v) is 9.83. The Morgan fingerprint density at radius 3 is 2.48 bits per heavy atom. The molecule has 0 spiro atoms. The van der Waals surface area contributed by atoms with Crippen LogP contribution in [-0.4, -0.2) is 17.4 Å². The van der Waals surface area contributed by atoms with E-state index in [1.807, 2.05) is 0 Å². The number of aromatic nitrogens is 2. The first-order chi connectivity index (χ1) is 13.8. The van der Waals surface area contributed by atoms with E-state index in [1.165, 1.54) is 24.5 Å². The van der Waals surface area contributed by atoms with Crippen LogP contribution >= 0.6 is 0 Å². The smallest absolute Gasteiger partial charge is 0.416 e.